The van der Waals surface area contributed by atoms with Gasteiger partial charge in [-0.15, -0.1) is 0 Å². The number of primary amides is 1. The Morgan fingerprint density at radius 1 is 1.10 bits per heavy atom. The van der Waals surface area contributed by atoms with Crippen molar-refractivity contribution in [3.05, 3.63) is 77.2 Å². The second-order valence-corrected chi connectivity index (χ2v) is 6.62. The van der Waals surface area contributed by atoms with E-state index in [2.05, 4.69) is 20.6 Å². The molecule has 0 saturated carbocycles. The zero-order chi connectivity index (χ0) is 20.6. The maximum absolute atomic E-state index is 11.2. The number of rotatable bonds is 7. The average molecular weight is 391 g/mol. The van der Waals surface area contributed by atoms with E-state index in [-0.39, 0.29) is 0 Å². The summed E-state index contributed by atoms with van der Waals surface area (Å²) < 4.78 is 5.59. The van der Waals surface area contributed by atoms with E-state index in [1.54, 1.807) is 18.4 Å². The van der Waals surface area contributed by atoms with Crippen molar-refractivity contribution < 1.29 is 9.21 Å². The van der Waals surface area contributed by atoms with Crippen LogP contribution in [0.1, 0.15) is 34.1 Å². The highest BCUT2D eigenvalue weighted by Crippen LogP contribution is 2.19. The van der Waals surface area contributed by atoms with Gasteiger partial charge in [-0.2, -0.15) is 0 Å². The van der Waals surface area contributed by atoms with Gasteiger partial charge in [0.15, 0.2) is 5.96 Å². The highest BCUT2D eigenvalue weighted by Gasteiger charge is 2.07. The molecule has 7 nitrogen and oxygen atoms in total. The molecule has 0 aliphatic carbocycles. The number of aromatic nitrogens is 1. The number of guanidine groups is 1. The summed E-state index contributed by atoms with van der Waals surface area (Å²) in [5.74, 6) is 0.831. The number of nitrogens with two attached hydrogens (primary N) is 1. The molecule has 0 aliphatic rings. The Kier molecular flexibility index (Phi) is 6.63. The summed E-state index contributed by atoms with van der Waals surface area (Å²) in [5.41, 5.74) is 9.66. The zero-order valence-corrected chi connectivity index (χ0v) is 16.6. The molecule has 2 aromatic carbocycles. The van der Waals surface area contributed by atoms with Crippen molar-refractivity contribution in [2.24, 2.45) is 10.7 Å². The lowest BCUT2D eigenvalue weighted by Gasteiger charge is -2.10. The molecule has 0 fully saturated rings. The van der Waals surface area contributed by atoms with Crippen LogP contribution in [0.3, 0.4) is 0 Å². The van der Waals surface area contributed by atoms with Crippen LogP contribution in [0.4, 0.5) is 0 Å². The first-order chi connectivity index (χ1) is 14.0. The van der Waals surface area contributed by atoms with Crippen LogP contribution in [0.2, 0.25) is 0 Å². The monoisotopic (exact) mass is 391 g/mol. The maximum atomic E-state index is 11.2. The number of oxazole rings is 1. The van der Waals surface area contributed by atoms with Gasteiger partial charge >= 0.3 is 0 Å². The zero-order valence-electron chi connectivity index (χ0n) is 16.6. The van der Waals surface area contributed by atoms with Crippen LogP contribution in [0, 0.1) is 6.92 Å². The number of nitrogens with one attached hydrogen (secondary N) is 2. The number of benzene rings is 2. The van der Waals surface area contributed by atoms with Gasteiger partial charge in [-0.3, -0.25) is 4.79 Å². The third kappa shape index (κ3) is 5.68. The van der Waals surface area contributed by atoms with E-state index in [4.69, 9.17) is 10.2 Å². The molecule has 0 atom stereocenters. The molecule has 1 heterocycles. The number of aryl methyl sites for hydroxylation is 1. The molecule has 0 saturated heterocycles. The van der Waals surface area contributed by atoms with Gasteiger partial charge in [0, 0.05) is 17.7 Å². The van der Waals surface area contributed by atoms with Crippen LogP contribution >= 0.6 is 0 Å². The van der Waals surface area contributed by atoms with Crippen LogP contribution in [-0.4, -0.2) is 23.4 Å². The molecule has 0 unspecified atom stereocenters. The van der Waals surface area contributed by atoms with E-state index in [1.165, 1.54) is 5.56 Å². The van der Waals surface area contributed by atoms with Gasteiger partial charge in [0.1, 0.15) is 6.26 Å². The van der Waals surface area contributed by atoms with Crippen molar-refractivity contribution in [1.82, 2.24) is 15.6 Å². The summed E-state index contributed by atoms with van der Waals surface area (Å²) in [4.78, 5) is 20.3. The standard InChI is InChI=1S/C22H25N5O2/c1-3-24-22(25-12-16-6-10-17(11-7-16)20(23)28)26-13-19-14-29-21(27-19)18-8-4-15(2)5-9-18/h4-11,14H,3,12-13H2,1-2H3,(H2,23,28)(H2,24,25,26). The number of carbonyl (C=O) groups excluding carboxylic acids is 1. The van der Waals surface area contributed by atoms with Gasteiger partial charge in [0.05, 0.1) is 18.8 Å². The van der Waals surface area contributed by atoms with Crippen molar-refractivity contribution in [3.63, 3.8) is 0 Å². The number of hydrogen-bond donors (Lipinski definition) is 3. The first-order valence-corrected chi connectivity index (χ1v) is 9.47. The molecule has 0 aliphatic heterocycles. The lowest BCUT2D eigenvalue weighted by molar-refractivity contribution is 0.100. The molecule has 3 aromatic rings. The Bertz CT molecular complexity index is 975. The largest absolute Gasteiger partial charge is 0.444 e. The van der Waals surface area contributed by atoms with E-state index in [1.807, 2.05) is 50.2 Å². The summed E-state index contributed by atoms with van der Waals surface area (Å²) in [6, 6.07) is 15.1. The van der Waals surface area contributed by atoms with Crippen LogP contribution in [0.15, 0.2) is 64.2 Å². The molecule has 0 radical (unpaired) electrons. The lowest BCUT2D eigenvalue weighted by Crippen LogP contribution is -2.36. The molecule has 1 amide bonds. The first-order valence-electron chi connectivity index (χ1n) is 9.47. The van der Waals surface area contributed by atoms with Gasteiger partial charge in [-0.1, -0.05) is 29.8 Å². The molecule has 4 N–H and O–H groups in total. The predicted octanol–water partition coefficient (Wildman–Crippen LogP) is 3.00. The minimum Gasteiger partial charge on any atom is -0.444 e. The molecule has 150 valence electrons. The first kappa shape index (κ1) is 20.1. The molecular weight excluding hydrogens is 366 g/mol. The van der Waals surface area contributed by atoms with Crippen molar-refractivity contribution >= 4 is 11.9 Å². The number of nitrogens with zero attached hydrogens (tertiary/aromatic N) is 2. The van der Waals surface area contributed by atoms with E-state index in [0.717, 1.165) is 23.4 Å². The summed E-state index contributed by atoms with van der Waals surface area (Å²) in [7, 11) is 0. The van der Waals surface area contributed by atoms with Gasteiger partial charge in [-0.05, 0) is 43.7 Å². The van der Waals surface area contributed by atoms with Gasteiger partial charge in [0.2, 0.25) is 11.8 Å². The minimum atomic E-state index is -0.437. The molecule has 0 bridgehead atoms. The fourth-order valence-electron chi connectivity index (χ4n) is 2.68. The van der Waals surface area contributed by atoms with E-state index < -0.39 is 5.91 Å². The predicted molar refractivity (Wildman–Crippen MR) is 113 cm³/mol. The number of hydrogen-bond acceptors (Lipinski definition) is 4. The average Bonchev–Trinajstić information content (AvgIpc) is 3.20. The SMILES string of the molecule is CCNC(=NCc1ccc(C(N)=O)cc1)NCc1coc(-c2ccc(C)cc2)n1. The lowest BCUT2D eigenvalue weighted by atomic mass is 10.1. The van der Waals surface area contributed by atoms with E-state index in [9.17, 15) is 4.79 Å². The van der Waals surface area contributed by atoms with Crippen molar-refractivity contribution in [2.45, 2.75) is 26.9 Å². The molecule has 29 heavy (non-hydrogen) atoms. The Morgan fingerprint density at radius 3 is 2.48 bits per heavy atom. The molecule has 7 heteroatoms. The number of carbonyl (C=O) groups is 1. The fraction of sp³-hybridized carbons (Fsp3) is 0.227. The van der Waals surface area contributed by atoms with E-state index >= 15 is 0 Å². The quantitative estimate of drug-likeness (QED) is 0.424. The summed E-state index contributed by atoms with van der Waals surface area (Å²) in [5, 5.41) is 6.46. The second-order valence-electron chi connectivity index (χ2n) is 6.62. The fourth-order valence-corrected chi connectivity index (χ4v) is 2.68. The smallest absolute Gasteiger partial charge is 0.248 e. The van der Waals surface area contributed by atoms with Crippen LogP contribution < -0.4 is 16.4 Å². The van der Waals surface area contributed by atoms with Gasteiger partial charge in [0.25, 0.3) is 0 Å². The van der Waals surface area contributed by atoms with Crippen molar-refractivity contribution in [3.8, 4) is 11.5 Å². The number of amides is 1. The van der Waals surface area contributed by atoms with Crippen molar-refractivity contribution in [1.29, 1.82) is 0 Å². The highest BCUT2D eigenvalue weighted by atomic mass is 16.3. The van der Waals surface area contributed by atoms with Gasteiger partial charge in [-0.25, -0.2) is 9.98 Å². The van der Waals surface area contributed by atoms with Crippen molar-refractivity contribution in [2.75, 3.05) is 6.54 Å². The maximum Gasteiger partial charge on any atom is 0.248 e. The summed E-state index contributed by atoms with van der Waals surface area (Å²) in [6.45, 7) is 5.75. The third-order valence-electron chi connectivity index (χ3n) is 4.29. The Labute approximate surface area is 170 Å². The number of aliphatic imine (C=N–C) groups is 1. The Morgan fingerprint density at radius 2 is 1.83 bits per heavy atom. The molecule has 3 rings (SSSR count). The normalized spacial score (nSPS) is 11.3. The molecular formula is C22H25N5O2. The third-order valence-corrected chi connectivity index (χ3v) is 4.29. The van der Waals surface area contributed by atoms with E-state index in [0.29, 0.717) is 30.5 Å². The summed E-state index contributed by atoms with van der Waals surface area (Å²) in [6.07, 6.45) is 1.65. The van der Waals surface area contributed by atoms with Gasteiger partial charge < -0.3 is 20.8 Å². The minimum absolute atomic E-state index is 0.437. The molecule has 1 aromatic heterocycles. The van der Waals surface area contributed by atoms with Crippen LogP contribution in [0.5, 0.6) is 0 Å². The second kappa shape index (κ2) is 9.54. The highest BCUT2D eigenvalue weighted by molar-refractivity contribution is 5.92. The van der Waals surface area contributed by atoms with Crippen LogP contribution in [-0.2, 0) is 13.1 Å². The Balaban J connectivity index is 1.61. The van der Waals surface area contributed by atoms with Crippen LogP contribution in [0.25, 0.3) is 11.5 Å². The Hall–Kier alpha value is -3.61. The topological polar surface area (TPSA) is 106 Å². The molecule has 0 spiro atoms. The summed E-state index contributed by atoms with van der Waals surface area (Å²) >= 11 is 0.